The Balaban J connectivity index is 1.62. The van der Waals surface area contributed by atoms with E-state index < -0.39 is 0 Å². The van der Waals surface area contributed by atoms with Gasteiger partial charge in [0, 0.05) is 17.0 Å². The van der Waals surface area contributed by atoms with E-state index in [-0.39, 0.29) is 5.91 Å². The minimum absolute atomic E-state index is 0.159. The van der Waals surface area contributed by atoms with E-state index in [0.29, 0.717) is 5.56 Å². The van der Waals surface area contributed by atoms with Gasteiger partial charge in [0.15, 0.2) is 0 Å². The van der Waals surface area contributed by atoms with Gasteiger partial charge in [-0.2, -0.15) is 0 Å². The first-order valence-electron chi connectivity index (χ1n) is 8.88. The number of fused-ring (bicyclic) bond motifs is 2. The Morgan fingerprint density at radius 1 is 0.857 bits per heavy atom. The Kier molecular flexibility index (Phi) is 4.07. The third kappa shape index (κ3) is 2.92. The molecular formula is C23H15N3OS. The largest absolute Gasteiger partial charge is 0.321 e. The molecule has 0 saturated carbocycles. The average molecular weight is 381 g/mol. The lowest BCUT2D eigenvalue weighted by Crippen LogP contribution is -2.13. The summed E-state index contributed by atoms with van der Waals surface area (Å²) in [6.07, 6.45) is 1.75. The molecule has 0 saturated heterocycles. The summed E-state index contributed by atoms with van der Waals surface area (Å²) in [5, 5.41) is 6.82. The first-order chi connectivity index (χ1) is 13.8. The molecule has 0 aliphatic rings. The average Bonchev–Trinajstić information content (AvgIpc) is 3.28. The predicted octanol–water partition coefficient (Wildman–Crippen LogP) is 5.76. The van der Waals surface area contributed by atoms with Crippen LogP contribution in [0.25, 0.3) is 32.4 Å². The third-order valence-electron chi connectivity index (χ3n) is 4.63. The third-order valence-corrected chi connectivity index (χ3v) is 5.52. The van der Waals surface area contributed by atoms with Gasteiger partial charge in [0.2, 0.25) is 0 Å². The van der Waals surface area contributed by atoms with E-state index in [9.17, 15) is 4.79 Å². The van der Waals surface area contributed by atoms with Crippen molar-refractivity contribution < 1.29 is 4.79 Å². The number of nitrogens with zero attached hydrogens (tertiary/aromatic N) is 2. The standard InChI is InChI=1S/C23H15N3OS/c27-23(26-20-10-3-9-18-16(20)7-4-12-24-18)17-14-21(22-11-5-13-28-22)25-19-8-2-1-6-15(17)19/h1-14H,(H,26,27). The number of benzene rings is 2. The highest BCUT2D eigenvalue weighted by Crippen LogP contribution is 2.29. The number of nitrogens with one attached hydrogen (secondary N) is 1. The molecule has 1 amide bonds. The SMILES string of the molecule is O=C(Nc1cccc2ncccc12)c1cc(-c2cccs2)nc2ccccc12. The maximum absolute atomic E-state index is 13.2. The molecule has 134 valence electrons. The van der Waals surface area contributed by atoms with Crippen molar-refractivity contribution >= 4 is 44.7 Å². The zero-order valence-corrected chi connectivity index (χ0v) is 15.6. The van der Waals surface area contributed by atoms with Gasteiger partial charge >= 0.3 is 0 Å². The number of hydrogen-bond acceptors (Lipinski definition) is 4. The number of amides is 1. The number of hydrogen-bond donors (Lipinski definition) is 1. The van der Waals surface area contributed by atoms with E-state index in [4.69, 9.17) is 4.98 Å². The number of anilines is 1. The molecule has 0 aliphatic carbocycles. The van der Waals surface area contributed by atoms with Crippen LogP contribution in [0.15, 0.2) is 84.4 Å². The van der Waals surface area contributed by atoms with Crippen molar-refractivity contribution in [3.63, 3.8) is 0 Å². The van der Waals surface area contributed by atoms with E-state index in [0.717, 1.165) is 38.1 Å². The Morgan fingerprint density at radius 3 is 2.61 bits per heavy atom. The molecule has 0 fully saturated rings. The van der Waals surface area contributed by atoms with Crippen LogP contribution < -0.4 is 5.32 Å². The normalized spacial score (nSPS) is 11.0. The van der Waals surface area contributed by atoms with Gasteiger partial charge < -0.3 is 5.32 Å². The Labute approximate surface area is 165 Å². The monoisotopic (exact) mass is 381 g/mol. The quantitative estimate of drug-likeness (QED) is 0.432. The van der Waals surface area contributed by atoms with Crippen LogP contribution in [0.4, 0.5) is 5.69 Å². The number of pyridine rings is 2. The van der Waals surface area contributed by atoms with Crippen LogP contribution in [0.5, 0.6) is 0 Å². The van der Waals surface area contributed by atoms with Gasteiger partial charge in [0.25, 0.3) is 5.91 Å². The molecule has 0 atom stereocenters. The summed E-state index contributed by atoms with van der Waals surface area (Å²) >= 11 is 1.61. The van der Waals surface area contributed by atoms with Crippen LogP contribution in [0.2, 0.25) is 0 Å². The van der Waals surface area contributed by atoms with Crippen LogP contribution in [-0.2, 0) is 0 Å². The second kappa shape index (κ2) is 6.87. The molecular weight excluding hydrogens is 366 g/mol. The minimum atomic E-state index is -0.159. The van der Waals surface area contributed by atoms with Gasteiger partial charge in [-0.1, -0.05) is 30.3 Å². The Bertz CT molecular complexity index is 1310. The predicted molar refractivity (Wildman–Crippen MR) is 115 cm³/mol. The molecule has 4 nitrogen and oxygen atoms in total. The molecule has 3 aromatic heterocycles. The fourth-order valence-corrected chi connectivity index (χ4v) is 4.00. The van der Waals surface area contributed by atoms with E-state index in [1.165, 1.54) is 0 Å². The van der Waals surface area contributed by atoms with E-state index in [2.05, 4.69) is 10.3 Å². The van der Waals surface area contributed by atoms with Crippen LogP contribution in [0.1, 0.15) is 10.4 Å². The molecule has 5 aromatic rings. The number of thiophene rings is 1. The van der Waals surface area contributed by atoms with Gasteiger partial charge in [0.1, 0.15) is 0 Å². The van der Waals surface area contributed by atoms with Gasteiger partial charge in [-0.05, 0) is 47.8 Å². The summed E-state index contributed by atoms with van der Waals surface area (Å²) in [7, 11) is 0. The molecule has 28 heavy (non-hydrogen) atoms. The van der Waals surface area contributed by atoms with Crippen molar-refractivity contribution in [1.82, 2.24) is 9.97 Å². The molecule has 0 radical (unpaired) electrons. The number of rotatable bonds is 3. The molecule has 0 unspecified atom stereocenters. The molecule has 0 spiro atoms. The highest BCUT2D eigenvalue weighted by molar-refractivity contribution is 7.13. The summed E-state index contributed by atoms with van der Waals surface area (Å²) in [4.78, 5) is 23.4. The van der Waals surface area contributed by atoms with E-state index >= 15 is 0 Å². The summed E-state index contributed by atoms with van der Waals surface area (Å²) in [6.45, 7) is 0. The van der Waals surface area contributed by atoms with Crippen LogP contribution in [0, 0.1) is 0 Å². The van der Waals surface area contributed by atoms with Gasteiger partial charge in [-0.15, -0.1) is 11.3 Å². The lowest BCUT2D eigenvalue weighted by molar-refractivity contribution is 0.102. The number of para-hydroxylation sites is 1. The van der Waals surface area contributed by atoms with Crippen LogP contribution in [-0.4, -0.2) is 15.9 Å². The number of aromatic nitrogens is 2. The van der Waals surface area contributed by atoms with Gasteiger partial charge in [-0.25, -0.2) is 4.98 Å². The van der Waals surface area contributed by atoms with Crippen molar-refractivity contribution in [3.05, 3.63) is 89.9 Å². The van der Waals surface area contributed by atoms with Gasteiger partial charge in [-0.3, -0.25) is 9.78 Å². The lowest BCUT2D eigenvalue weighted by Gasteiger charge is -2.11. The fraction of sp³-hybridized carbons (Fsp3) is 0. The molecule has 3 heterocycles. The van der Waals surface area contributed by atoms with Gasteiger partial charge in [0.05, 0.1) is 32.9 Å². The zero-order valence-electron chi connectivity index (χ0n) is 14.8. The number of carbonyl (C=O) groups is 1. The second-order valence-electron chi connectivity index (χ2n) is 6.38. The Hall–Kier alpha value is -3.57. The topological polar surface area (TPSA) is 54.9 Å². The molecule has 0 aliphatic heterocycles. The Morgan fingerprint density at radius 2 is 1.71 bits per heavy atom. The van der Waals surface area contributed by atoms with Crippen LogP contribution in [0.3, 0.4) is 0 Å². The van der Waals surface area contributed by atoms with Crippen molar-refractivity contribution in [2.45, 2.75) is 0 Å². The van der Waals surface area contributed by atoms with Crippen molar-refractivity contribution in [2.75, 3.05) is 5.32 Å². The lowest BCUT2D eigenvalue weighted by atomic mass is 10.1. The zero-order chi connectivity index (χ0) is 18.9. The van der Waals surface area contributed by atoms with Crippen molar-refractivity contribution in [3.8, 4) is 10.6 Å². The maximum atomic E-state index is 13.2. The van der Waals surface area contributed by atoms with Crippen LogP contribution >= 0.6 is 11.3 Å². The minimum Gasteiger partial charge on any atom is -0.321 e. The summed E-state index contributed by atoms with van der Waals surface area (Å²) in [5.74, 6) is -0.159. The summed E-state index contributed by atoms with van der Waals surface area (Å²) in [6, 6.07) is 23.1. The van der Waals surface area contributed by atoms with E-state index in [1.54, 1.807) is 17.5 Å². The molecule has 1 N–H and O–H groups in total. The summed E-state index contributed by atoms with van der Waals surface area (Å²) in [5.41, 5.74) is 3.81. The highest BCUT2D eigenvalue weighted by atomic mass is 32.1. The first kappa shape index (κ1) is 16.6. The maximum Gasteiger partial charge on any atom is 0.256 e. The highest BCUT2D eigenvalue weighted by Gasteiger charge is 2.15. The molecule has 0 bridgehead atoms. The summed E-state index contributed by atoms with van der Waals surface area (Å²) < 4.78 is 0. The molecule has 2 aromatic carbocycles. The van der Waals surface area contributed by atoms with Crippen molar-refractivity contribution in [2.24, 2.45) is 0 Å². The fourth-order valence-electron chi connectivity index (χ4n) is 3.32. The first-order valence-corrected chi connectivity index (χ1v) is 9.76. The molecule has 5 rings (SSSR count). The number of carbonyl (C=O) groups excluding carboxylic acids is 1. The van der Waals surface area contributed by atoms with E-state index in [1.807, 2.05) is 78.2 Å². The smallest absolute Gasteiger partial charge is 0.256 e. The van der Waals surface area contributed by atoms with Crippen molar-refractivity contribution in [1.29, 1.82) is 0 Å². The molecule has 5 heteroatoms. The second-order valence-corrected chi connectivity index (χ2v) is 7.33.